The van der Waals surface area contributed by atoms with E-state index in [1.165, 1.54) is 12.8 Å². The lowest BCUT2D eigenvalue weighted by Crippen LogP contribution is -2.45. The molecule has 1 aliphatic heterocycles. The smallest absolute Gasteiger partial charge is 0.0704 e. The molecule has 1 fully saturated rings. The van der Waals surface area contributed by atoms with Crippen molar-refractivity contribution in [1.29, 1.82) is 0 Å². The van der Waals surface area contributed by atoms with Crippen LogP contribution in [0.4, 0.5) is 0 Å². The average molecular weight is 234 g/mol. The van der Waals surface area contributed by atoms with E-state index in [-0.39, 0.29) is 5.54 Å². The highest BCUT2D eigenvalue weighted by Gasteiger charge is 2.26. The Morgan fingerprint density at radius 3 is 2.67 bits per heavy atom. The van der Waals surface area contributed by atoms with E-state index < -0.39 is 0 Å². The second-order valence-corrected chi connectivity index (χ2v) is 5.26. The maximum Gasteiger partial charge on any atom is 0.0704 e. The van der Waals surface area contributed by atoms with Gasteiger partial charge in [0.1, 0.15) is 0 Å². The third-order valence-corrected chi connectivity index (χ3v) is 3.69. The summed E-state index contributed by atoms with van der Waals surface area (Å²) in [6.45, 7) is 7.56. The molecule has 1 aliphatic rings. The molecule has 0 radical (unpaired) electrons. The van der Waals surface area contributed by atoms with Crippen LogP contribution in [0.2, 0.25) is 0 Å². The molecule has 0 bridgehead atoms. The molecule has 90 valence electrons. The van der Waals surface area contributed by atoms with E-state index in [4.69, 9.17) is 16.3 Å². The Labute approximate surface area is 98.7 Å². The van der Waals surface area contributed by atoms with E-state index in [9.17, 15) is 0 Å². The summed E-state index contributed by atoms with van der Waals surface area (Å²) in [4.78, 5) is 0. The fourth-order valence-electron chi connectivity index (χ4n) is 1.99. The van der Waals surface area contributed by atoms with Gasteiger partial charge in [0.25, 0.3) is 0 Å². The van der Waals surface area contributed by atoms with Crippen molar-refractivity contribution in [3.63, 3.8) is 0 Å². The van der Waals surface area contributed by atoms with E-state index in [2.05, 4.69) is 26.1 Å². The van der Waals surface area contributed by atoms with Crippen LogP contribution in [0.15, 0.2) is 0 Å². The number of nitrogens with one attached hydrogen (secondary N) is 1. The molecular weight excluding hydrogens is 210 g/mol. The van der Waals surface area contributed by atoms with Gasteiger partial charge < -0.3 is 10.1 Å². The molecule has 3 unspecified atom stereocenters. The molecule has 1 heterocycles. The Kier molecular flexibility index (Phi) is 5.37. The lowest BCUT2D eigenvalue weighted by Gasteiger charge is -2.30. The highest BCUT2D eigenvalue weighted by Crippen LogP contribution is 2.20. The molecule has 15 heavy (non-hydrogen) atoms. The van der Waals surface area contributed by atoms with Crippen LogP contribution in [0.1, 0.15) is 46.5 Å². The largest absolute Gasteiger partial charge is 0.374 e. The predicted octanol–water partition coefficient (Wildman–Crippen LogP) is 2.94. The van der Waals surface area contributed by atoms with Crippen LogP contribution in [-0.4, -0.2) is 30.2 Å². The Morgan fingerprint density at radius 2 is 2.20 bits per heavy atom. The standard InChI is InChI=1S/C12H24ClNO/c1-4-12(3,7-8-13)14-9-11-6-5-10(2)15-11/h10-11,14H,4-9H2,1-3H3. The van der Waals surface area contributed by atoms with Crippen LogP contribution in [0.25, 0.3) is 0 Å². The topological polar surface area (TPSA) is 21.3 Å². The normalized spacial score (nSPS) is 30.4. The van der Waals surface area contributed by atoms with Crippen molar-refractivity contribution in [2.24, 2.45) is 0 Å². The van der Waals surface area contributed by atoms with Crippen molar-refractivity contribution in [2.45, 2.75) is 64.2 Å². The Balaban J connectivity index is 2.27. The molecule has 0 aromatic rings. The van der Waals surface area contributed by atoms with Gasteiger partial charge in [-0.25, -0.2) is 0 Å². The Morgan fingerprint density at radius 1 is 1.47 bits per heavy atom. The van der Waals surface area contributed by atoms with Gasteiger partial charge in [0.05, 0.1) is 12.2 Å². The maximum atomic E-state index is 5.81. The number of ether oxygens (including phenoxy) is 1. The monoisotopic (exact) mass is 233 g/mol. The van der Waals surface area contributed by atoms with E-state index >= 15 is 0 Å². The first-order chi connectivity index (χ1) is 7.09. The lowest BCUT2D eigenvalue weighted by molar-refractivity contribution is 0.0506. The molecule has 0 aromatic carbocycles. The molecule has 3 atom stereocenters. The summed E-state index contributed by atoms with van der Waals surface area (Å²) in [7, 11) is 0. The van der Waals surface area contributed by atoms with Crippen molar-refractivity contribution in [1.82, 2.24) is 5.32 Å². The lowest BCUT2D eigenvalue weighted by atomic mass is 9.95. The number of halogens is 1. The number of hydrogen-bond donors (Lipinski definition) is 1. The molecule has 2 nitrogen and oxygen atoms in total. The van der Waals surface area contributed by atoms with E-state index in [1.54, 1.807) is 0 Å². The van der Waals surface area contributed by atoms with Crippen LogP contribution in [0, 0.1) is 0 Å². The SMILES string of the molecule is CCC(C)(CCCl)NCC1CCC(C)O1. The van der Waals surface area contributed by atoms with Gasteiger partial charge in [0.2, 0.25) is 0 Å². The number of alkyl halides is 1. The summed E-state index contributed by atoms with van der Waals surface area (Å²) in [5.74, 6) is 0.721. The van der Waals surface area contributed by atoms with Gasteiger partial charge >= 0.3 is 0 Å². The fourth-order valence-corrected chi connectivity index (χ4v) is 2.41. The summed E-state index contributed by atoms with van der Waals surface area (Å²) >= 11 is 5.81. The van der Waals surface area contributed by atoms with Gasteiger partial charge in [-0.2, -0.15) is 0 Å². The average Bonchev–Trinajstić information content (AvgIpc) is 2.62. The minimum absolute atomic E-state index is 0.178. The summed E-state index contributed by atoms with van der Waals surface area (Å²) in [6, 6.07) is 0. The third-order valence-electron chi connectivity index (χ3n) is 3.50. The van der Waals surface area contributed by atoms with Gasteiger partial charge in [-0.3, -0.25) is 0 Å². The van der Waals surface area contributed by atoms with Crippen LogP contribution >= 0.6 is 11.6 Å². The summed E-state index contributed by atoms with van der Waals surface area (Å²) in [5.41, 5.74) is 0.178. The molecule has 0 saturated carbocycles. The summed E-state index contributed by atoms with van der Waals surface area (Å²) in [5, 5.41) is 3.60. The van der Waals surface area contributed by atoms with Crippen molar-refractivity contribution < 1.29 is 4.74 Å². The fraction of sp³-hybridized carbons (Fsp3) is 1.00. The van der Waals surface area contributed by atoms with Crippen LogP contribution in [-0.2, 0) is 4.74 Å². The van der Waals surface area contributed by atoms with Gasteiger partial charge in [0.15, 0.2) is 0 Å². The zero-order valence-corrected chi connectivity index (χ0v) is 10.9. The Hall–Kier alpha value is 0.210. The molecule has 0 aliphatic carbocycles. The van der Waals surface area contributed by atoms with E-state index in [0.29, 0.717) is 12.2 Å². The molecule has 0 aromatic heterocycles. The molecule has 0 spiro atoms. The maximum absolute atomic E-state index is 5.81. The van der Waals surface area contributed by atoms with Gasteiger partial charge in [-0.15, -0.1) is 11.6 Å². The number of hydrogen-bond acceptors (Lipinski definition) is 2. The van der Waals surface area contributed by atoms with Crippen molar-refractivity contribution in [2.75, 3.05) is 12.4 Å². The van der Waals surface area contributed by atoms with Crippen LogP contribution in [0.5, 0.6) is 0 Å². The minimum Gasteiger partial charge on any atom is -0.374 e. The van der Waals surface area contributed by atoms with Crippen molar-refractivity contribution in [3.05, 3.63) is 0 Å². The minimum atomic E-state index is 0.178. The third kappa shape index (κ3) is 4.29. The Bertz CT molecular complexity index is 188. The summed E-state index contributed by atoms with van der Waals surface area (Å²) in [6.07, 6.45) is 5.37. The van der Waals surface area contributed by atoms with Gasteiger partial charge in [0, 0.05) is 18.0 Å². The first-order valence-electron chi connectivity index (χ1n) is 6.06. The second kappa shape index (κ2) is 6.07. The van der Waals surface area contributed by atoms with Crippen molar-refractivity contribution in [3.8, 4) is 0 Å². The first-order valence-corrected chi connectivity index (χ1v) is 6.59. The molecule has 1 rings (SSSR count). The predicted molar refractivity (Wildman–Crippen MR) is 65.6 cm³/mol. The quantitative estimate of drug-likeness (QED) is 0.713. The van der Waals surface area contributed by atoms with Crippen LogP contribution in [0.3, 0.4) is 0 Å². The zero-order valence-electron chi connectivity index (χ0n) is 10.2. The molecular formula is C12H24ClNO. The van der Waals surface area contributed by atoms with Crippen LogP contribution < -0.4 is 5.32 Å². The molecule has 0 amide bonds. The highest BCUT2D eigenvalue weighted by atomic mass is 35.5. The second-order valence-electron chi connectivity index (χ2n) is 4.88. The molecule has 1 saturated heterocycles. The molecule has 1 N–H and O–H groups in total. The summed E-state index contributed by atoms with van der Waals surface area (Å²) < 4.78 is 5.78. The highest BCUT2D eigenvalue weighted by molar-refractivity contribution is 6.17. The molecule has 3 heteroatoms. The van der Waals surface area contributed by atoms with Gasteiger partial charge in [-0.05, 0) is 39.5 Å². The first kappa shape index (κ1) is 13.3. The number of rotatable bonds is 6. The zero-order chi connectivity index (χ0) is 11.3. The van der Waals surface area contributed by atoms with E-state index in [0.717, 1.165) is 25.3 Å². The van der Waals surface area contributed by atoms with E-state index in [1.807, 2.05) is 0 Å². The van der Waals surface area contributed by atoms with Gasteiger partial charge in [-0.1, -0.05) is 6.92 Å². The van der Waals surface area contributed by atoms with Crippen molar-refractivity contribution >= 4 is 11.6 Å².